The number of nitrogens with one attached hydrogen (secondary N) is 1. The fourth-order valence-electron chi connectivity index (χ4n) is 0.995. The molecule has 0 aromatic carbocycles. The summed E-state index contributed by atoms with van der Waals surface area (Å²) < 4.78 is 0. The van der Waals surface area contributed by atoms with E-state index >= 15 is 0 Å². The fraction of sp³-hybridized carbons (Fsp3) is 0.667. The van der Waals surface area contributed by atoms with Gasteiger partial charge in [-0.05, 0) is 6.92 Å². The lowest BCUT2D eigenvalue weighted by molar-refractivity contribution is -0.141. The molecule has 6 heteroatoms. The molecule has 0 aromatic rings. The highest BCUT2D eigenvalue weighted by Crippen LogP contribution is 2.02. The van der Waals surface area contributed by atoms with Crippen LogP contribution in [0.4, 0.5) is 0 Å². The molecule has 86 valence electrons. The molecule has 0 spiro atoms. The standard InChI is InChI=1S/C9H16N2O4/c1-5(3-8(13)14)9(15)11-7(4-10)6(2)12/h5,7H,3-4,10H2,1-2H3,(H,11,15)(H,13,14). The highest BCUT2D eigenvalue weighted by Gasteiger charge is 2.21. The first-order valence-electron chi connectivity index (χ1n) is 4.61. The molecule has 0 heterocycles. The molecule has 0 saturated carbocycles. The van der Waals surface area contributed by atoms with Crippen molar-refractivity contribution in [2.45, 2.75) is 26.3 Å². The lowest BCUT2D eigenvalue weighted by Crippen LogP contribution is -2.46. The number of hydrogen-bond donors (Lipinski definition) is 3. The first kappa shape index (κ1) is 13.6. The highest BCUT2D eigenvalue weighted by atomic mass is 16.4. The lowest BCUT2D eigenvalue weighted by Gasteiger charge is -2.16. The fourth-order valence-corrected chi connectivity index (χ4v) is 0.995. The van der Waals surface area contributed by atoms with Crippen LogP contribution in [-0.2, 0) is 14.4 Å². The van der Waals surface area contributed by atoms with Gasteiger partial charge in [-0.2, -0.15) is 0 Å². The van der Waals surface area contributed by atoms with Crippen LogP contribution in [0.2, 0.25) is 0 Å². The number of ketones is 1. The number of carboxylic acid groups (broad SMARTS) is 1. The summed E-state index contributed by atoms with van der Waals surface area (Å²) in [5.74, 6) is -2.43. The first-order chi connectivity index (χ1) is 6.88. The van der Waals surface area contributed by atoms with E-state index in [9.17, 15) is 14.4 Å². The van der Waals surface area contributed by atoms with Crippen LogP contribution in [0.25, 0.3) is 0 Å². The van der Waals surface area contributed by atoms with Crippen molar-refractivity contribution in [3.63, 3.8) is 0 Å². The lowest BCUT2D eigenvalue weighted by atomic mass is 10.1. The molecular weight excluding hydrogens is 200 g/mol. The Morgan fingerprint density at radius 2 is 1.93 bits per heavy atom. The third-order valence-corrected chi connectivity index (χ3v) is 1.97. The van der Waals surface area contributed by atoms with Gasteiger partial charge in [0.25, 0.3) is 0 Å². The monoisotopic (exact) mass is 216 g/mol. The van der Waals surface area contributed by atoms with E-state index in [0.29, 0.717) is 0 Å². The Balaban J connectivity index is 4.21. The summed E-state index contributed by atoms with van der Waals surface area (Å²) >= 11 is 0. The van der Waals surface area contributed by atoms with Crippen LogP contribution in [0, 0.1) is 5.92 Å². The van der Waals surface area contributed by atoms with E-state index in [-0.39, 0.29) is 18.7 Å². The van der Waals surface area contributed by atoms with Crippen molar-refractivity contribution >= 4 is 17.7 Å². The van der Waals surface area contributed by atoms with Gasteiger partial charge >= 0.3 is 5.97 Å². The second-order valence-corrected chi connectivity index (χ2v) is 3.41. The second-order valence-electron chi connectivity index (χ2n) is 3.41. The number of carbonyl (C=O) groups excluding carboxylic acids is 2. The predicted molar refractivity (Wildman–Crippen MR) is 53.1 cm³/mol. The summed E-state index contributed by atoms with van der Waals surface area (Å²) in [7, 11) is 0. The zero-order valence-electron chi connectivity index (χ0n) is 8.82. The van der Waals surface area contributed by atoms with Crippen LogP contribution in [0.3, 0.4) is 0 Å². The average Bonchev–Trinajstić information content (AvgIpc) is 2.11. The number of rotatable bonds is 6. The molecule has 0 aliphatic carbocycles. The average molecular weight is 216 g/mol. The number of hydrogen-bond acceptors (Lipinski definition) is 4. The van der Waals surface area contributed by atoms with E-state index in [1.165, 1.54) is 13.8 Å². The van der Waals surface area contributed by atoms with Crippen LogP contribution in [0.5, 0.6) is 0 Å². The summed E-state index contributed by atoms with van der Waals surface area (Å²) in [5, 5.41) is 10.9. The van der Waals surface area contributed by atoms with Crippen molar-refractivity contribution in [2.24, 2.45) is 11.7 Å². The molecular formula is C9H16N2O4. The van der Waals surface area contributed by atoms with E-state index in [2.05, 4.69) is 5.32 Å². The Labute approximate surface area is 87.8 Å². The Hall–Kier alpha value is -1.43. The molecule has 6 nitrogen and oxygen atoms in total. The van der Waals surface area contributed by atoms with Crippen LogP contribution in [-0.4, -0.2) is 35.4 Å². The molecule has 4 N–H and O–H groups in total. The summed E-state index contributed by atoms with van der Waals surface area (Å²) in [6.45, 7) is 2.82. The second kappa shape index (κ2) is 6.13. The van der Waals surface area contributed by atoms with E-state index < -0.39 is 23.8 Å². The highest BCUT2D eigenvalue weighted by molar-refractivity contribution is 5.89. The van der Waals surface area contributed by atoms with Crippen LogP contribution in [0.15, 0.2) is 0 Å². The minimum Gasteiger partial charge on any atom is -0.481 e. The summed E-state index contributed by atoms with van der Waals surface area (Å²) in [6, 6.07) is -0.728. The molecule has 0 radical (unpaired) electrons. The Bertz CT molecular complexity index is 265. The smallest absolute Gasteiger partial charge is 0.304 e. The molecule has 15 heavy (non-hydrogen) atoms. The molecule has 0 saturated heterocycles. The van der Waals surface area contributed by atoms with Crippen molar-refractivity contribution in [3.05, 3.63) is 0 Å². The zero-order valence-corrected chi connectivity index (χ0v) is 8.82. The SMILES string of the molecule is CC(=O)C(CN)NC(=O)C(C)CC(=O)O. The molecule has 0 aliphatic heterocycles. The van der Waals surface area contributed by atoms with E-state index in [0.717, 1.165) is 0 Å². The Morgan fingerprint density at radius 3 is 2.27 bits per heavy atom. The van der Waals surface area contributed by atoms with Crippen molar-refractivity contribution in [1.82, 2.24) is 5.32 Å². The van der Waals surface area contributed by atoms with Gasteiger partial charge in [-0.25, -0.2) is 0 Å². The van der Waals surface area contributed by atoms with Crippen molar-refractivity contribution in [1.29, 1.82) is 0 Å². The van der Waals surface area contributed by atoms with Gasteiger partial charge in [-0.1, -0.05) is 6.92 Å². The van der Waals surface area contributed by atoms with Crippen molar-refractivity contribution in [3.8, 4) is 0 Å². The first-order valence-corrected chi connectivity index (χ1v) is 4.61. The van der Waals surface area contributed by atoms with E-state index in [1.807, 2.05) is 0 Å². The maximum absolute atomic E-state index is 11.4. The molecule has 2 unspecified atom stereocenters. The van der Waals surface area contributed by atoms with Gasteiger partial charge in [0.15, 0.2) is 5.78 Å². The number of amides is 1. The summed E-state index contributed by atoms with van der Waals surface area (Å²) in [5.41, 5.74) is 5.27. The third kappa shape index (κ3) is 5.11. The third-order valence-electron chi connectivity index (χ3n) is 1.97. The minimum atomic E-state index is -1.05. The molecule has 0 bridgehead atoms. The van der Waals surface area contributed by atoms with Gasteiger partial charge in [0, 0.05) is 12.5 Å². The number of carboxylic acids is 1. The Kier molecular flexibility index (Phi) is 5.54. The number of carbonyl (C=O) groups is 3. The molecule has 2 atom stereocenters. The maximum Gasteiger partial charge on any atom is 0.304 e. The van der Waals surface area contributed by atoms with Crippen LogP contribution in [0.1, 0.15) is 20.3 Å². The van der Waals surface area contributed by atoms with E-state index in [1.54, 1.807) is 0 Å². The zero-order chi connectivity index (χ0) is 12.0. The van der Waals surface area contributed by atoms with Crippen LogP contribution < -0.4 is 11.1 Å². The number of nitrogens with two attached hydrogens (primary N) is 1. The van der Waals surface area contributed by atoms with Crippen molar-refractivity contribution in [2.75, 3.05) is 6.54 Å². The molecule has 0 aromatic heterocycles. The minimum absolute atomic E-state index is 0.0147. The molecule has 0 aliphatic rings. The number of aliphatic carboxylic acids is 1. The molecule has 0 fully saturated rings. The molecule has 1 amide bonds. The summed E-state index contributed by atoms with van der Waals surface area (Å²) in [6.07, 6.45) is -0.263. The maximum atomic E-state index is 11.4. The van der Waals surface area contributed by atoms with Gasteiger partial charge in [0.1, 0.15) is 0 Å². The largest absolute Gasteiger partial charge is 0.481 e. The quantitative estimate of drug-likeness (QED) is 0.534. The topological polar surface area (TPSA) is 109 Å². The Morgan fingerprint density at radius 1 is 1.40 bits per heavy atom. The van der Waals surface area contributed by atoms with Gasteiger partial charge in [-0.3, -0.25) is 14.4 Å². The molecule has 0 rings (SSSR count). The van der Waals surface area contributed by atoms with Crippen LogP contribution >= 0.6 is 0 Å². The number of Topliss-reactive ketones (excluding diaryl/α,β-unsaturated/α-hetero) is 1. The normalized spacial score (nSPS) is 14.1. The van der Waals surface area contributed by atoms with Gasteiger partial charge in [-0.15, -0.1) is 0 Å². The van der Waals surface area contributed by atoms with Gasteiger partial charge in [0.05, 0.1) is 12.5 Å². The summed E-state index contributed by atoms with van der Waals surface area (Å²) in [4.78, 5) is 32.6. The van der Waals surface area contributed by atoms with Gasteiger partial charge < -0.3 is 16.2 Å². The van der Waals surface area contributed by atoms with Gasteiger partial charge in [0.2, 0.25) is 5.91 Å². The van der Waals surface area contributed by atoms with Crippen molar-refractivity contribution < 1.29 is 19.5 Å². The van der Waals surface area contributed by atoms with E-state index in [4.69, 9.17) is 10.8 Å². The predicted octanol–water partition coefficient (Wildman–Crippen LogP) is -0.870.